The maximum atomic E-state index is 14.8. The Hall–Kier alpha value is -0.190. The Balaban J connectivity index is 1.99. The molecule has 2 N–H and O–H groups in total. The van der Waals surface area contributed by atoms with Gasteiger partial charge in [-0.05, 0) is 44.1 Å². The number of ether oxygens (including phenoxy) is 2. The standard InChI is InChI=1S/C15H28FNO2/c1-11(2)13(10-17)14(16)12-3-6-19-15(9-12)4-7-18-8-5-15/h11-14H,3-10,17H2,1-2H3. The van der Waals surface area contributed by atoms with Gasteiger partial charge in [-0.15, -0.1) is 0 Å². The molecule has 0 aromatic heterocycles. The second kappa shape index (κ2) is 6.51. The molecule has 2 heterocycles. The fourth-order valence-corrected chi connectivity index (χ4v) is 3.55. The van der Waals surface area contributed by atoms with Gasteiger partial charge in [-0.2, -0.15) is 0 Å². The summed E-state index contributed by atoms with van der Waals surface area (Å²) in [6.45, 7) is 6.73. The van der Waals surface area contributed by atoms with E-state index in [-0.39, 0.29) is 17.4 Å². The Bertz CT molecular complexity index is 274. The molecular weight excluding hydrogens is 245 g/mol. The molecular formula is C15H28FNO2. The van der Waals surface area contributed by atoms with Crippen LogP contribution in [-0.4, -0.2) is 38.1 Å². The van der Waals surface area contributed by atoms with Crippen LogP contribution in [-0.2, 0) is 9.47 Å². The number of hydrogen-bond acceptors (Lipinski definition) is 3. The third kappa shape index (κ3) is 3.47. The number of rotatable bonds is 4. The van der Waals surface area contributed by atoms with E-state index in [0.29, 0.717) is 19.1 Å². The highest BCUT2D eigenvalue weighted by atomic mass is 19.1. The summed E-state index contributed by atoms with van der Waals surface area (Å²) in [7, 11) is 0. The van der Waals surface area contributed by atoms with Crippen molar-refractivity contribution in [1.29, 1.82) is 0 Å². The second-order valence-electron chi connectivity index (χ2n) is 6.48. The highest BCUT2D eigenvalue weighted by molar-refractivity contribution is 4.93. The van der Waals surface area contributed by atoms with E-state index >= 15 is 0 Å². The maximum Gasteiger partial charge on any atom is 0.107 e. The number of hydrogen-bond donors (Lipinski definition) is 1. The molecule has 2 aliphatic heterocycles. The van der Waals surface area contributed by atoms with Gasteiger partial charge in [0.25, 0.3) is 0 Å². The Morgan fingerprint density at radius 1 is 1.26 bits per heavy atom. The topological polar surface area (TPSA) is 44.5 Å². The number of halogens is 1. The summed E-state index contributed by atoms with van der Waals surface area (Å²) in [6.07, 6.45) is 2.68. The Labute approximate surface area is 116 Å². The summed E-state index contributed by atoms with van der Waals surface area (Å²) in [5, 5.41) is 0. The van der Waals surface area contributed by atoms with Gasteiger partial charge < -0.3 is 15.2 Å². The van der Waals surface area contributed by atoms with Crippen LogP contribution in [0.25, 0.3) is 0 Å². The molecule has 4 heteroatoms. The Kier molecular flexibility index (Phi) is 5.21. The summed E-state index contributed by atoms with van der Waals surface area (Å²) >= 11 is 0. The fraction of sp³-hybridized carbons (Fsp3) is 1.00. The average Bonchev–Trinajstić information content (AvgIpc) is 2.40. The van der Waals surface area contributed by atoms with Gasteiger partial charge in [0.05, 0.1) is 5.60 Å². The van der Waals surface area contributed by atoms with Gasteiger partial charge in [-0.3, -0.25) is 0 Å². The van der Waals surface area contributed by atoms with Crippen molar-refractivity contribution in [3.63, 3.8) is 0 Å². The smallest absolute Gasteiger partial charge is 0.107 e. The largest absolute Gasteiger partial charge is 0.381 e. The highest BCUT2D eigenvalue weighted by Gasteiger charge is 2.43. The van der Waals surface area contributed by atoms with Crippen LogP contribution >= 0.6 is 0 Å². The van der Waals surface area contributed by atoms with Gasteiger partial charge in [0.1, 0.15) is 6.17 Å². The lowest BCUT2D eigenvalue weighted by Crippen LogP contribution is -2.48. The number of alkyl halides is 1. The van der Waals surface area contributed by atoms with Crippen molar-refractivity contribution < 1.29 is 13.9 Å². The van der Waals surface area contributed by atoms with Crippen LogP contribution < -0.4 is 5.73 Å². The molecule has 0 radical (unpaired) electrons. The first-order chi connectivity index (χ1) is 9.08. The molecule has 2 saturated heterocycles. The third-order valence-corrected chi connectivity index (χ3v) is 4.92. The van der Waals surface area contributed by atoms with Crippen LogP contribution in [0.3, 0.4) is 0 Å². The molecule has 2 fully saturated rings. The first-order valence-corrected chi connectivity index (χ1v) is 7.64. The van der Waals surface area contributed by atoms with Gasteiger partial charge in [0, 0.05) is 25.7 Å². The van der Waals surface area contributed by atoms with E-state index in [9.17, 15) is 4.39 Å². The number of nitrogens with two attached hydrogens (primary N) is 1. The Morgan fingerprint density at radius 3 is 2.53 bits per heavy atom. The second-order valence-corrected chi connectivity index (χ2v) is 6.48. The summed E-state index contributed by atoms with van der Waals surface area (Å²) in [6, 6.07) is 0. The molecule has 2 rings (SSSR count). The molecule has 0 bridgehead atoms. The van der Waals surface area contributed by atoms with E-state index in [0.717, 1.165) is 38.9 Å². The maximum absolute atomic E-state index is 14.8. The molecule has 0 saturated carbocycles. The normalized spacial score (nSPS) is 30.5. The van der Waals surface area contributed by atoms with Crippen molar-refractivity contribution in [2.24, 2.45) is 23.5 Å². The zero-order valence-corrected chi connectivity index (χ0v) is 12.2. The van der Waals surface area contributed by atoms with Crippen molar-refractivity contribution in [2.45, 2.75) is 51.3 Å². The lowest BCUT2D eigenvalue weighted by atomic mass is 9.74. The van der Waals surface area contributed by atoms with Crippen molar-refractivity contribution in [3.8, 4) is 0 Å². The molecule has 0 aromatic carbocycles. The third-order valence-electron chi connectivity index (χ3n) is 4.92. The van der Waals surface area contributed by atoms with Crippen molar-refractivity contribution in [1.82, 2.24) is 0 Å². The van der Waals surface area contributed by atoms with Crippen LogP contribution in [0.1, 0.15) is 39.5 Å². The average molecular weight is 273 g/mol. The quantitative estimate of drug-likeness (QED) is 0.856. The minimum atomic E-state index is -0.798. The molecule has 1 spiro atoms. The minimum Gasteiger partial charge on any atom is -0.381 e. The lowest BCUT2D eigenvalue weighted by molar-refractivity contribution is -0.157. The molecule has 3 unspecified atom stereocenters. The van der Waals surface area contributed by atoms with Gasteiger partial charge >= 0.3 is 0 Å². The predicted octanol–water partition coefficient (Wildman–Crippen LogP) is 2.53. The fourth-order valence-electron chi connectivity index (χ4n) is 3.55. The zero-order valence-electron chi connectivity index (χ0n) is 12.2. The molecule has 112 valence electrons. The van der Waals surface area contributed by atoms with Crippen LogP contribution in [0.15, 0.2) is 0 Å². The Morgan fingerprint density at radius 2 is 1.95 bits per heavy atom. The zero-order chi connectivity index (χ0) is 13.9. The molecule has 19 heavy (non-hydrogen) atoms. The van der Waals surface area contributed by atoms with Crippen molar-refractivity contribution >= 4 is 0 Å². The van der Waals surface area contributed by atoms with E-state index in [1.165, 1.54) is 0 Å². The first-order valence-electron chi connectivity index (χ1n) is 7.64. The molecule has 3 atom stereocenters. The molecule has 2 aliphatic rings. The summed E-state index contributed by atoms with van der Waals surface area (Å²) in [5.41, 5.74) is 5.64. The summed E-state index contributed by atoms with van der Waals surface area (Å²) in [5.74, 6) is 0.372. The van der Waals surface area contributed by atoms with Crippen molar-refractivity contribution in [2.75, 3.05) is 26.4 Å². The minimum absolute atomic E-state index is 0.0278. The molecule has 3 nitrogen and oxygen atoms in total. The molecule has 0 amide bonds. The molecule has 0 aliphatic carbocycles. The van der Waals surface area contributed by atoms with E-state index < -0.39 is 6.17 Å². The predicted molar refractivity (Wildman–Crippen MR) is 73.7 cm³/mol. The van der Waals surface area contributed by atoms with Gasteiger partial charge in [0.2, 0.25) is 0 Å². The highest BCUT2D eigenvalue weighted by Crippen LogP contribution is 2.41. The van der Waals surface area contributed by atoms with Crippen LogP contribution in [0.4, 0.5) is 4.39 Å². The van der Waals surface area contributed by atoms with E-state index in [4.69, 9.17) is 15.2 Å². The van der Waals surface area contributed by atoms with Gasteiger partial charge in [-0.1, -0.05) is 13.8 Å². The SMILES string of the molecule is CC(C)C(CN)C(F)C1CCOC2(CCOCC2)C1. The van der Waals surface area contributed by atoms with E-state index in [1.807, 2.05) is 0 Å². The van der Waals surface area contributed by atoms with Crippen molar-refractivity contribution in [3.05, 3.63) is 0 Å². The van der Waals surface area contributed by atoms with E-state index in [1.54, 1.807) is 0 Å². The molecule has 0 aromatic rings. The van der Waals surface area contributed by atoms with Gasteiger partial charge in [-0.25, -0.2) is 4.39 Å². The van der Waals surface area contributed by atoms with Crippen LogP contribution in [0, 0.1) is 17.8 Å². The summed E-state index contributed by atoms with van der Waals surface area (Å²) in [4.78, 5) is 0. The van der Waals surface area contributed by atoms with Crippen LogP contribution in [0.2, 0.25) is 0 Å². The van der Waals surface area contributed by atoms with E-state index in [2.05, 4.69) is 13.8 Å². The van der Waals surface area contributed by atoms with Gasteiger partial charge in [0.15, 0.2) is 0 Å². The first kappa shape index (κ1) is 15.2. The summed E-state index contributed by atoms with van der Waals surface area (Å²) < 4.78 is 26.2. The van der Waals surface area contributed by atoms with Crippen LogP contribution in [0.5, 0.6) is 0 Å². The monoisotopic (exact) mass is 273 g/mol. The lowest BCUT2D eigenvalue weighted by Gasteiger charge is -2.45.